The van der Waals surface area contributed by atoms with Crippen LogP contribution >= 0.6 is 0 Å². The Balaban J connectivity index is 1.96. The van der Waals surface area contributed by atoms with E-state index in [-0.39, 0.29) is 18.4 Å². The monoisotopic (exact) mass is 343 g/mol. The molecule has 1 atom stereocenters. The number of ether oxygens (including phenoxy) is 1. The van der Waals surface area contributed by atoms with Crippen molar-refractivity contribution in [2.75, 3.05) is 14.2 Å². The summed E-state index contributed by atoms with van der Waals surface area (Å²) in [6.45, 7) is 5.89. The predicted molar refractivity (Wildman–Crippen MR) is 96.1 cm³/mol. The molecule has 2 aliphatic rings. The van der Waals surface area contributed by atoms with Gasteiger partial charge in [-0.25, -0.2) is 0 Å². The molecule has 0 bridgehead atoms. The molecule has 0 aromatic carbocycles. The Morgan fingerprint density at radius 3 is 2.68 bits per heavy atom. The Morgan fingerprint density at radius 2 is 2.12 bits per heavy atom. The lowest BCUT2D eigenvalue weighted by Gasteiger charge is -2.18. The lowest BCUT2D eigenvalue weighted by Crippen LogP contribution is -2.23. The van der Waals surface area contributed by atoms with Gasteiger partial charge in [-0.3, -0.25) is 9.79 Å². The zero-order valence-electron chi connectivity index (χ0n) is 15.5. The highest BCUT2D eigenvalue weighted by atomic mass is 16.5. The highest BCUT2D eigenvalue weighted by molar-refractivity contribution is 5.91. The van der Waals surface area contributed by atoms with Gasteiger partial charge in [0.2, 0.25) is 0 Å². The van der Waals surface area contributed by atoms with E-state index in [0.717, 1.165) is 28.3 Å². The minimum atomic E-state index is -0.273. The van der Waals surface area contributed by atoms with E-state index in [9.17, 15) is 4.79 Å². The van der Waals surface area contributed by atoms with Crippen molar-refractivity contribution in [3.05, 3.63) is 34.9 Å². The smallest absolute Gasteiger partial charge is 0.309 e. The van der Waals surface area contributed by atoms with E-state index in [4.69, 9.17) is 14.3 Å². The summed E-state index contributed by atoms with van der Waals surface area (Å²) in [5.41, 5.74) is 3.78. The number of carbonyl (C=O) groups excluding carboxylic acids is 1. The van der Waals surface area contributed by atoms with Crippen molar-refractivity contribution in [2.45, 2.75) is 46.1 Å². The number of esters is 1. The first-order valence-corrected chi connectivity index (χ1v) is 8.65. The van der Waals surface area contributed by atoms with E-state index in [1.54, 1.807) is 0 Å². The van der Waals surface area contributed by atoms with Crippen molar-refractivity contribution in [2.24, 2.45) is 10.9 Å². The Labute approximate surface area is 148 Å². The third kappa shape index (κ3) is 3.52. The second kappa shape index (κ2) is 6.86. The average molecular weight is 343 g/mol. The average Bonchev–Trinajstić information content (AvgIpc) is 3.32. The normalized spacial score (nSPS) is 22.5. The molecule has 6 heteroatoms. The van der Waals surface area contributed by atoms with Crippen LogP contribution in [0.5, 0.6) is 0 Å². The molecule has 0 spiro atoms. The number of amidine groups is 1. The maximum Gasteiger partial charge on any atom is 0.309 e. The van der Waals surface area contributed by atoms with Crippen LogP contribution in [0.1, 0.15) is 43.2 Å². The molecule has 6 nitrogen and oxygen atoms in total. The van der Waals surface area contributed by atoms with Crippen LogP contribution in [0.3, 0.4) is 0 Å². The molecule has 1 aliphatic carbocycles. The summed E-state index contributed by atoms with van der Waals surface area (Å²) in [5, 5.41) is 4.05. The Morgan fingerprint density at radius 1 is 1.40 bits per heavy atom. The molecule has 0 radical (unpaired) electrons. The zero-order chi connectivity index (χ0) is 18.1. The molecule has 3 rings (SSSR count). The molecule has 2 heterocycles. The Kier molecular flexibility index (Phi) is 4.79. The molecule has 134 valence electrons. The van der Waals surface area contributed by atoms with Crippen molar-refractivity contribution in [1.82, 2.24) is 10.1 Å². The van der Waals surface area contributed by atoms with Crippen LogP contribution in [0.4, 0.5) is 0 Å². The van der Waals surface area contributed by atoms with Crippen molar-refractivity contribution in [3.8, 4) is 0 Å². The lowest BCUT2D eigenvalue weighted by molar-refractivity contribution is -0.139. The number of aryl methyl sites for hydroxylation is 2. The molecule has 0 amide bonds. The van der Waals surface area contributed by atoms with Gasteiger partial charge in [0.25, 0.3) is 0 Å². The number of hydrogen-bond acceptors (Lipinski definition) is 6. The van der Waals surface area contributed by atoms with Crippen LogP contribution in [0.15, 0.2) is 27.4 Å². The summed E-state index contributed by atoms with van der Waals surface area (Å²) >= 11 is 0. The summed E-state index contributed by atoms with van der Waals surface area (Å²) in [7, 11) is 3.46. The lowest BCUT2D eigenvalue weighted by atomic mass is 10.0. The summed E-state index contributed by atoms with van der Waals surface area (Å²) < 4.78 is 10.1. The number of rotatable bonds is 5. The van der Waals surface area contributed by atoms with Crippen molar-refractivity contribution >= 4 is 17.4 Å². The minimum Gasteiger partial charge on any atom is -0.469 e. The number of aromatic nitrogens is 1. The van der Waals surface area contributed by atoms with Gasteiger partial charge in [-0.15, -0.1) is 0 Å². The number of methoxy groups -OCH3 is 1. The number of likely N-dealkylation sites (N-methyl/N-ethyl adjacent to an activating group) is 1. The van der Waals surface area contributed by atoms with Crippen LogP contribution in [0.2, 0.25) is 0 Å². The quantitative estimate of drug-likeness (QED) is 0.768. The van der Waals surface area contributed by atoms with Gasteiger partial charge in [0.1, 0.15) is 11.6 Å². The van der Waals surface area contributed by atoms with Gasteiger partial charge in [-0.2, -0.15) is 0 Å². The van der Waals surface area contributed by atoms with Crippen molar-refractivity contribution < 1.29 is 14.1 Å². The van der Waals surface area contributed by atoms with Gasteiger partial charge in [-0.05, 0) is 45.3 Å². The third-order valence-electron chi connectivity index (χ3n) is 4.77. The Hall–Kier alpha value is -2.37. The largest absolute Gasteiger partial charge is 0.469 e. The van der Waals surface area contributed by atoms with Gasteiger partial charge in [-0.1, -0.05) is 11.2 Å². The van der Waals surface area contributed by atoms with Crippen LogP contribution < -0.4 is 0 Å². The third-order valence-corrected chi connectivity index (χ3v) is 4.77. The molecule has 1 saturated carbocycles. The summed E-state index contributed by atoms with van der Waals surface area (Å²) in [6.07, 6.45) is 6.62. The molecule has 1 aromatic rings. The fraction of sp³-hybridized carbons (Fsp3) is 0.526. The number of nitrogens with zero attached hydrogens (tertiary/aromatic N) is 3. The van der Waals surface area contributed by atoms with Crippen LogP contribution in [-0.2, 0) is 9.53 Å². The zero-order valence-corrected chi connectivity index (χ0v) is 15.5. The number of carbonyl (C=O) groups is 1. The highest BCUT2D eigenvalue weighted by Crippen LogP contribution is 2.37. The molecule has 1 aromatic heterocycles. The first kappa shape index (κ1) is 17.5. The molecule has 1 fully saturated rings. The van der Waals surface area contributed by atoms with Crippen molar-refractivity contribution in [1.29, 1.82) is 0 Å². The van der Waals surface area contributed by atoms with E-state index < -0.39 is 0 Å². The minimum absolute atomic E-state index is 0.0996. The number of hydrogen-bond donors (Lipinski definition) is 0. The van der Waals surface area contributed by atoms with E-state index in [1.807, 2.05) is 19.9 Å². The molecule has 1 unspecified atom stereocenters. The van der Waals surface area contributed by atoms with E-state index in [1.165, 1.54) is 25.8 Å². The fourth-order valence-electron chi connectivity index (χ4n) is 3.27. The van der Waals surface area contributed by atoms with Gasteiger partial charge in [0, 0.05) is 24.2 Å². The van der Waals surface area contributed by atoms with E-state index in [2.05, 4.69) is 30.1 Å². The maximum atomic E-state index is 11.6. The fourth-order valence-corrected chi connectivity index (χ4v) is 3.27. The van der Waals surface area contributed by atoms with Gasteiger partial charge < -0.3 is 14.2 Å². The van der Waals surface area contributed by atoms with Gasteiger partial charge >= 0.3 is 5.97 Å². The second-order valence-electron chi connectivity index (χ2n) is 6.70. The standard InChI is InChI=1S/C19H25N3O3/c1-11-16(22(4)19(20-11)14-6-7-14)10-15(8-9-17(23)24-5)18-12(2)21-25-13(18)3/h8,10-11,14H,6-7,9H2,1-5H3. The summed E-state index contributed by atoms with van der Waals surface area (Å²) in [5.74, 6) is 2.23. The van der Waals surface area contributed by atoms with Crippen LogP contribution in [0.25, 0.3) is 5.57 Å². The van der Waals surface area contributed by atoms with Gasteiger partial charge in [0.05, 0.1) is 25.3 Å². The highest BCUT2D eigenvalue weighted by Gasteiger charge is 2.36. The van der Waals surface area contributed by atoms with E-state index >= 15 is 0 Å². The number of aliphatic imine (C=N–C) groups is 1. The van der Waals surface area contributed by atoms with Crippen molar-refractivity contribution in [3.63, 3.8) is 0 Å². The molecule has 1 aliphatic heterocycles. The summed E-state index contributed by atoms with van der Waals surface area (Å²) in [4.78, 5) is 18.6. The molecule has 25 heavy (non-hydrogen) atoms. The predicted octanol–water partition coefficient (Wildman–Crippen LogP) is 3.26. The maximum absolute atomic E-state index is 11.6. The molecular weight excluding hydrogens is 318 g/mol. The first-order valence-electron chi connectivity index (χ1n) is 8.65. The first-order chi connectivity index (χ1) is 11.9. The van der Waals surface area contributed by atoms with E-state index in [0.29, 0.717) is 5.92 Å². The molecule has 0 N–H and O–H groups in total. The topological polar surface area (TPSA) is 67.9 Å². The summed E-state index contributed by atoms with van der Waals surface area (Å²) in [6, 6.07) is 0.0996. The molecule has 0 saturated heterocycles. The second-order valence-corrected chi connectivity index (χ2v) is 6.70. The molecular formula is C19H25N3O3. The number of allylic oxidation sites excluding steroid dienone is 2. The Bertz CT molecular complexity index is 749. The van der Waals surface area contributed by atoms with Gasteiger partial charge in [0.15, 0.2) is 0 Å². The SMILES string of the molecule is COC(=O)CC=C(C=C1C(C)N=C(C2CC2)N1C)c1c(C)noc1C. The van der Waals surface area contributed by atoms with Crippen LogP contribution in [-0.4, -0.2) is 42.1 Å². The van der Waals surface area contributed by atoms with Crippen LogP contribution in [0, 0.1) is 19.8 Å².